The van der Waals surface area contributed by atoms with E-state index in [-0.39, 0.29) is 6.61 Å². The second-order valence-corrected chi connectivity index (χ2v) is 8.18. The van der Waals surface area contributed by atoms with Crippen molar-refractivity contribution < 1.29 is 29.9 Å². The zero-order valence-electron chi connectivity index (χ0n) is 18.3. The van der Waals surface area contributed by atoms with Crippen molar-refractivity contribution in [1.82, 2.24) is 0 Å². The molecule has 5 atom stereocenters. The maximum absolute atomic E-state index is 9.88. The zero-order valence-corrected chi connectivity index (χ0v) is 18.3. The Hall–Kier alpha value is -0.500. The second-order valence-electron chi connectivity index (χ2n) is 8.18. The third kappa shape index (κ3) is 11.5. The van der Waals surface area contributed by atoms with E-state index < -0.39 is 37.3 Å². The van der Waals surface area contributed by atoms with Crippen LogP contribution in [0.15, 0.2) is 12.2 Å². The Labute approximate surface area is 176 Å². The van der Waals surface area contributed by atoms with Gasteiger partial charge in [-0.05, 0) is 12.8 Å². The largest absolute Gasteiger partial charge is 0.394 e. The van der Waals surface area contributed by atoms with Crippen molar-refractivity contribution in [2.24, 2.45) is 0 Å². The topological polar surface area (TPSA) is 99.4 Å². The lowest BCUT2D eigenvalue weighted by Crippen LogP contribution is -2.59. The molecule has 0 radical (unpaired) electrons. The fourth-order valence-corrected chi connectivity index (χ4v) is 3.64. The molecular formula is C23H44O6. The number of unbranched alkanes of at least 4 members (excludes halogenated alkanes) is 12. The summed E-state index contributed by atoms with van der Waals surface area (Å²) in [5.74, 6) is 0. The molecule has 29 heavy (non-hydrogen) atoms. The molecule has 0 aromatic rings. The fraction of sp³-hybridized carbons (Fsp3) is 0.913. The molecule has 6 nitrogen and oxygen atoms in total. The van der Waals surface area contributed by atoms with E-state index in [4.69, 9.17) is 14.6 Å². The number of ether oxygens (including phenoxy) is 2. The van der Waals surface area contributed by atoms with Gasteiger partial charge in [-0.1, -0.05) is 89.7 Å². The van der Waals surface area contributed by atoms with Crippen molar-refractivity contribution in [2.45, 2.75) is 121 Å². The highest BCUT2D eigenvalue weighted by atomic mass is 16.7. The number of hydrogen-bond acceptors (Lipinski definition) is 6. The summed E-state index contributed by atoms with van der Waals surface area (Å²) in [5, 5.41) is 38.5. The summed E-state index contributed by atoms with van der Waals surface area (Å²) >= 11 is 0. The van der Waals surface area contributed by atoms with Crippen molar-refractivity contribution >= 4 is 0 Å². The van der Waals surface area contributed by atoms with Gasteiger partial charge in [0.25, 0.3) is 0 Å². The molecule has 1 aliphatic heterocycles. The molecule has 172 valence electrons. The molecule has 0 saturated carbocycles. The number of aliphatic hydroxyl groups excluding tert-OH is 4. The summed E-state index contributed by atoms with van der Waals surface area (Å²) in [6.07, 6.45) is 14.9. The maximum Gasteiger partial charge on any atom is 0.187 e. The molecule has 1 rings (SSSR count). The van der Waals surface area contributed by atoms with Crippen LogP contribution >= 0.6 is 0 Å². The highest BCUT2D eigenvalue weighted by Gasteiger charge is 2.43. The van der Waals surface area contributed by atoms with Crippen molar-refractivity contribution in [2.75, 3.05) is 13.2 Å². The van der Waals surface area contributed by atoms with E-state index in [1.807, 2.05) is 6.08 Å². The van der Waals surface area contributed by atoms with E-state index in [0.717, 1.165) is 12.8 Å². The first-order valence-electron chi connectivity index (χ1n) is 11.7. The smallest absolute Gasteiger partial charge is 0.187 e. The number of rotatable bonds is 17. The minimum absolute atomic E-state index is 0.251. The Morgan fingerprint density at radius 3 is 1.83 bits per heavy atom. The molecule has 0 aromatic heterocycles. The number of allylic oxidation sites excluding steroid dienone is 1. The summed E-state index contributed by atoms with van der Waals surface area (Å²) in [6.45, 7) is 2.06. The van der Waals surface area contributed by atoms with Crippen LogP contribution < -0.4 is 0 Å². The standard InChI is InChI=1S/C23H44O6/c1-2-3-4-5-6-7-8-9-10-11-12-13-14-15-16-17-28-23-22(27)21(26)20(25)19(18-24)29-23/h15-16,19-27H,2-14,17-18H2,1H3/b16-15+/t19-,20+,21+,22-,23-/m1/s1. The normalized spacial score (nSPS) is 27.7. The SMILES string of the molecule is CCCCCCCCCCCCCC/C=C/CO[C@@H]1O[C@H](CO)[C@H](O)[C@H](O)[C@H]1O. The molecule has 0 aliphatic carbocycles. The predicted octanol–water partition coefficient (Wildman–Crippen LogP) is 3.45. The minimum atomic E-state index is -1.39. The predicted molar refractivity (Wildman–Crippen MR) is 115 cm³/mol. The quantitative estimate of drug-likeness (QED) is 0.214. The first-order chi connectivity index (χ1) is 14.1. The molecule has 0 bridgehead atoms. The average molecular weight is 417 g/mol. The van der Waals surface area contributed by atoms with Gasteiger partial charge < -0.3 is 29.9 Å². The molecule has 1 fully saturated rings. The van der Waals surface area contributed by atoms with Gasteiger partial charge in [-0.3, -0.25) is 0 Å². The Morgan fingerprint density at radius 2 is 1.28 bits per heavy atom. The van der Waals surface area contributed by atoms with E-state index in [1.165, 1.54) is 70.6 Å². The average Bonchev–Trinajstić information content (AvgIpc) is 2.73. The molecule has 0 aromatic carbocycles. The van der Waals surface area contributed by atoms with Crippen LogP contribution in [-0.4, -0.2) is 64.3 Å². The molecule has 0 amide bonds. The van der Waals surface area contributed by atoms with Crippen molar-refractivity contribution in [3.05, 3.63) is 12.2 Å². The van der Waals surface area contributed by atoms with E-state index in [0.29, 0.717) is 0 Å². The third-order valence-electron chi connectivity index (χ3n) is 5.60. The first kappa shape index (κ1) is 26.5. The van der Waals surface area contributed by atoms with E-state index in [1.54, 1.807) is 0 Å². The molecule has 1 heterocycles. The van der Waals surface area contributed by atoms with Gasteiger partial charge >= 0.3 is 0 Å². The van der Waals surface area contributed by atoms with Gasteiger partial charge in [0.2, 0.25) is 0 Å². The van der Waals surface area contributed by atoms with E-state index in [9.17, 15) is 15.3 Å². The second kappa shape index (κ2) is 17.2. The first-order valence-corrected chi connectivity index (χ1v) is 11.7. The van der Waals surface area contributed by atoms with Gasteiger partial charge in [0.1, 0.15) is 24.4 Å². The number of hydrogen-bond donors (Lipinski definition) is 4. The lowest BCUT2D eigenvalue weighted by atomic mass is 9.99. The van der Waals surface area contributed by atoms with E-state index >= 15 is 0 Å². The molecule has 0 unspecified atom stereocenters. The van der Waals surface area contributed by atoms with E-state index in [2.05, 4.69) is 13.0 Å². The lowest BCUT2D eigenvalue weighted by molar-refractivity contribution is -0.298. The summed E-state index contributed by atoms with van der Waals surface area (Å²) in [7, 11) is 0. The van der Waals surface area contributed by atoms with Crippen LogP contribution in [0.4, 0.5) is 0 Å². The molecule has 0 spiro atoms. The zero-order chi connectivity index (χ0) is 21.3. The van der Waals surface area contributed by atoms with Gasteiger partial charge in [0.15, 0.2) is 6.29 Å². The van der Waals surface area contributed by atoms with Crippen LogP contribution in [0, 0.1) is 0 Å². The van der Waals surface area contributed by atoms with Gasteiger partial charge in [-0.15, -0.1) is 0 Å². The van der Waals surface area contributed by atoms with Crippen LogP contribution in [0.2, 0.25) is 0 Å². The van der Waals surface area contributed by atoms with Gasteiger partial charge in [-0.25, -0.2) is 0 Å². The maximum atomic E-state index is 9.88. The number of aliphatic hydroxyl groups is 4. The monoisotopic (exact) mass is 416 g/mol. The van der Waals surface area contributed by atoms with Gasteiger partial charge in [0.05, 0.1) is 13.2 Å². The molecule has 1 aliphatic rings. The summed E-state index contributed by atoms with van der Waals surface area (Å²) in [5.41, 5.74) is 0. The highest BCUT2D eigenvalue weighted by molar-refractivity contribution is 4.89. The van der Waals surface area contributed by atoms with Crippen LogP contribution in [0.25, 0.3) is 0 Å². The van der Waals surface area contributed by atoms with Crippen molar-refractivity contribution in [3.63, 3.8) is 0 Å². The van der Waals surface area contributed by atoms with Crippen molar-refractivity contribution in [3.8, 4) is 0 Å². The Bertz CT molecular complexity index is 401. The van der Waals surface area contributed by atoms with Crippen LogP contribution in [0.3, 0.4) is 0 Å². The minimum Gasteiger partial charge on any atom is -0.394 e. The summed E-state index contributed by atoms with van der Waals surface area (Å²) < 4.78 is 10.7. The summed E-state index contributed by atoms with van der Waals surface area (Å²) in [6, 6.07) is 0. The van der Waals surface area contributed by atoms with Gasteiger partial charge in [-0.2, -0.15) is 0 Å². The van der Waals surface area contributed by atoms with Crippen LogP contribution in [-0.2, 0) is 9.47 Å². The van der Waals surface area contributed by atoms with Crippen LogP contribution in [0.1, 0.15) is 90.4 Å². The fourth-order valence-electron chi connectivity index (χ4n) is 3.64. The van der Waals surface area contributed by atoms with Gasteiger partial charge in [0, 0.05) is 0 Å². The highest BCUT2D eigenvalue weighted by Crippen LogP contribution is 2.21. The Kier molecular flexibility index (Phi) is 15.7. The van der Waals surface area contributed by atoms with Crippen molar-refractivity contribution in [1.29, 1.82) is 0 Å². The Morgan fingerprint density at radius 1 is 0.724 bits per heavy atom. The molecular weight excluding hydrogens is 372 g/mol. The Balaban J connectivity index is 1.94. The lowest BCUT2D eigenvalue weighted by Gasteiger charge is -2.39. The molecule has 1 saturated heterocycles. The third-order valence-corrected chi connectivity index (χ3v) is 5.60. The van der Waals surface area contributed by atoms with Crippen LogP contribution in [0.5, 0.6) is 0 Å². The molecule has 6 heteroatoms. The molecule has 4 N–H and O–H groups in total. The summed E-state index contributed by atoms with van der Waals surface area (Å²) in [4.78, 5) is 0.